The van der Waals surface area contributed by atoms with Crippen molar-refractivity contribution in [3.8, 4) is 0 Å². The van der Waals surface area contributed by atoms with Crippen molar-refractivity contribution >= 4 is 31.1 Å². The number of hydroxylamine groups is 1. The minimum Gasteiger partial charge on any atom is -0.461 e. The van der Waals surface area contributed by atoms with Crippen LogP contribution in [0.15, 0.2) is 65.9 Å². The smallest absolute Gasteiger partial charge is 0.344 e. The lowest BCUT2D eigenvalue weighted by atomic mass is 9.78. The predicted octanol–water partition coefficient (Wildman–Crippen LogP) is 5.02. The van der Waals surface area contributed by atoms with E-state index in [4.69, 9.17) is 14.3 Å². The van der Waals surface area contributed by atoms with Crippen LogP contribution in [0.1, 0.15) is 52.7 Å². The molecule has 0 radical (unpaired) electrons. The molecule has 41 heavy (non-hydrogen) atoms. The first-order valence-electron chi connectivity index (χ1n) is 13.5. The summed E-state index contributed by atoms with van der Waals surface area (Å²) in [6.45, 7) is 12.0. The molecule has 0 saturated carbocycles. The first-order valence-corrected chi connectivity index (χ1v) is 14.3. The Hall–Kier alpha value is -3.43. The lowest BCUT2D eigenvalue weighted by Crippen LogP contribution is -2.53. The van der Waals surface area contributed by atoms with Gasteiger partial charge in [0.15, 0.2) is 11.7 Å². The molecule has 2 aromatic carbocycles. The zero-order valence-electron chi connectivity index (χ0n) is 24.7. The Balaban J connectivity index is 2.11. The number of esters is 1. The third-order valence-electron chi connectivity index (χ3n) is 6.50. The van der Waals surface area contributed by atoms with E-state index >= 15 is 0 Å². The van der Waals surface area contributed by atoms with E-state index in [2.05, 4.69) is 0 Å². The number of carbonyl (C=O) groups is 1. The van der Waals surface area contributed by atoms with Crippen LogP contribution in [0.4, 0.5) is 5.69 Å². The number of nitrogens with zero attached hydrogens (tertiary/aromatic N) is 3. The van der Waals surface area contributed by atoms with Gasteiger partial charge >= 0.3 is 5.97 Å². The van der Waals surface area contributed by atoms with Gasteiger partial charge in [0.25, 0.3) is 5.69 Å². The molecule has 0 aromatic heterocycles. The van der Waals surface area contributed by atoms with E-state index in [1.54, 1.807) is 33.8 Å². The number of hydrogen-bond acceptors (Lipinski definition) is 8. The number of benzene rings is 2. The highest BCUT2D eigenvalue weighted by atomic mass is 31.1. The summed E-state index contributed by atoms with van der Waals surface area (Å²) in [5.74, 6) is -0.672. The number of non-ortho nitro benzene ring substituents is 1. The Morgan fingerprint density at radius 2 is 1.78 bits per heavy atom. The molecule has 1 aliphatic heterocycles. The molecule has 11 heteroatoms. The summed E-state index contributed by atoms with van der Waals surface area (Å²) in [5, 5.41) is 12.0. The highest BCUT2D eigenvalue weighted by molar-refractivity contribution is 7.38. The molecule has 3 rings (SSSR count). The van der Waals surface area contributed by atoms with E-state index < -0.39 is 22.6 Å². The number of carbonyl (C=O) groups excluding carboxylic acids is 1. The highest BCUT2D eigenvalue weighted by Crippen LogP contribution is 2.44. The molecular weight excluding hydrogens is 545 g/mol. The first kappa shape index (κ1) is 32.1. The fraction of sp³-hybridized carbons (Fsp3) is 0.433. The van der Waals surface area contributed by atoms with Crippen LogP contribution in [0, 0.1) is 10.1 Å². The molecule has 0 fully saturated rings. The number of nitro benzene ring substituents is 1. The third kappa shape index (κ3) is 7.26. The summed E-state index contributed by atoms with van der Waals surface area (Å²) in [4.78, 5) is 44.1. The maximum atomic E-state index is 14.0. The molecule has 0 amide bonds. The van der Waals surface area contributed by atoms with Crippen LogP contribution in [0.3, 0.4) is 0 Å². The van der Waals surface area contributed by atoms with Gasteiger partial charge in [0.05, 0.1) is 19.5 Å². The number of likely N-dealkylation sites (N-methyl/N-ethyl adjacent to an activating group) is 1. The van der Waals surface area contributed by atoms with Gasteiger partial charge in [-0.1, -0.05) is 42.5 Å². The normalized spacial score (nSPS) is 18.6. The Kier molecular flexibility index (Phi) is 10.9. The molecule has 220 valence electrons. The monoisotopic (exact) mass is 584 g/mol. The maximum absolute atomic E-state index is 14.0. The molecule has 1 heterocycles. The van der Waals surface area contributed by atoms with Crippen molar-refractivity contribution in [2.24, 2.45) is 0 Å². The predicted molar refractivity (Wildman–Crippen MR) is 159 cm³/mol. The molecular formula is C30H39N3O7P+. The standard InChI is InChI=1S/C30H38N3O7P/c1-20(2)39-30(25-14-11-15-26(18-25)33(35)36)27(22(5)32(40-21(3)4)23(6)28(30)41-37)29(34)38-17-16-31(7)19-24-12-9-8-10-13-24/h8-15,18,20-21H,16-17,19H2,1-7H3/p+1. The van der Waals surface area contributed by atoms with E-state index in [-0.39, 0.29) is 32.4 Å². The molecule has 0 saturated heterocycles. The Bertz CT molecular complexity index is 1350. The average molecular weight is 585 g/mol. The second-order valence-electron chi connectivity index (χ2n) is 10.5. The van der Waals surface area contributed by atoms with Crippen molar-refractivity contribution in [1.29, 1.82) is 0 Å². The number of rotatable bonds is 12. The number of allylic oxidation sites excluding steroid dienone is 1. The fourth-order valence-corrected chi connectivity index (χ4v) is 5.55. The first-order chi connectivity index (χ1) is 19.4. The van der Waals surface area contributed by atoms with Crippen molar-refractivity contribution in [2.75, 3.05) is 20.2 Å². The quantitative estimate of drug-likeness (QED) is 0.122. The lowest BCUT2D eigenvalue weighted by molar-refractivity contribution is -0.762. The number of hydrogen-bond donors (Lipinski definition) is 1. The van der Waals surface area contributed by atoms with Gasteiger partial charge in [-0.2, -0.15) is 0 Å². The zero-order chi connectivity index (χ0) is 30.3. The van der Waals surface area contributed by atoms with Crippen molar-refractivity contribution in [3.05, 3.63) is 87.1 Å². The van der Waals surface area contributed by atoms with Crippen LogP contribution in [-0.2, 0) is 31.3 Å². The fourth-order valence-electron chi connectivity index (χ4n) is 4.88. The van der Waals surface area contributed by atoms with Crippen LogP contribution < -0.4 is 0 Å². The van der Waals surface area contributed by atoms with Gasteiger partial charge in [0, 0.05) is 49.4 Å². The van der Waals surface area contributed by atoms with Gasteiger partial charge in [-0.05, 0) is 40.3 Å². The molecule has 2 aromatic rings. The van der Waals surface area contributed by atoms with Crippen LogP contribution in [0.25, 0.3) is 0 Å². The second kappa shape index (κ2) is 14.0. The van der Waals surface area contributed by atoms with Crippen LogP contribution in [-0.4, -0.2) is 68.8 Å². The lowest BCUT2D eigenvalue weighted by Gasteiger charge is -2.39. The molecule has 1 atom stereocenters. The van der Waals surface area contributed by atoms with Crippen molar-refractivity contribution in [3.63, 3.8) is 0 Å². The Morgan fingerprint density at radius 3 is 2.37 bits per heavy atom. The van der Waals surface area contributed by atoms with Crippen molar-refractivity contribution in [1.82, 2.24) is 4.90 Å². The van der Waals surface area contributed by atoms with E-state index in [0.29, 0.717) is 35.4 Å². The van der Waals surface area contributed by atoms with Crippen molar-refractivity contribution in [2.45, 2.75) is 65.9 Å². The SMILES string of the molecule is CC1=C(C(=O)OCCN(C)Cc2ccccc2)C(OC(C)C)(c2cccc([N+](=O)[O-])c2)C(=PO)C(C)=[N+]1OC(C)C. The van der Waals surface area contributed by atoms with Gasteiger partial charge in [0.2, 0.25) is 11.4 Å². The third-order valence-corrected chi connectivity index (χ3v) is 7.34. The highest BCUT2D eigenvalue weighted by Gasteiger charge is 2.57. The van der Waals surface area contributed by atoms with E-state index in [1.165, 1.54) is 22.9 Å². The minimum absolute atomic E-state index is 0.0835. The van der Waals surface area contributed by atoms with E-state index in [9.17, 15) is 19.8 Å². The van der Waals surface area contributed by atoms with Crippen LogP contribution in [0.5, 0.6) is 0 Å². The molecule has 0 bridgehead atoms. The average Bonchev–Trinajstić information content (AvgIpc) is 2.91. The summed E-state index contributed by atoms with van der Waals surface area (Å²) >= 11 is 0. The van der Waals surface area contributed by atoms with Gasteiger partial charge < -0.3 is 14.4 Å². The van der Waals surface area contributed by atoms with Crippen molar-refractivity contribution < 1.29 is 33.7 Å². The summed E-state index contributed by atoms with van der Waals surface area (Å²) in [6, 6.07) is 15.9. The molecule has 1 N–H and O–H groups in total. The Labute approximate surface area is 242 Å². The second-order valence-corrected chi connectivity index (χ2v) is 11.1. The molecule has 1 unspecified atom stereocenters. The van der Waals surface area contributed by atoms with Crippen LogP contribution in [0.2, 0.25) is 0 Å². The molecule has 1 aliphatic rings. The van der Waals surface area contributed by atoms with Gasteiger partial charge in [-0.3, -0.25) is 19.9 Å². The molecule has 0 aliphatic carbocycles. The van der Waals surface area contributed by atoms with E-state index in [0.717, 1.165) is 5.56 Å². The summed E-state index contributed by atoms with van der Waals surface area (Å²) in [6.07, 6.45) is -0.694. The minimum atomic E-state index is -1.67. The van der Waals surface area contributed by atoms with E-state index in [1.807, 2.05) is 56.1 Å². The molecule has 0 spiro atoms. The zero-order valence-corrected chi connectivity index (χ0v) is 25.6. The maximum Gasteiger partial charge on any atom is 0.344 e. The van der Waals surface area contributed by atoms with Gasteiger partial charge in [0.1, 0.15) is 17.5 Å². The molecule has 10 nitrogen and oxygen atoms in total. The van der Waals surface area contributed by atoms with Crippen LogP contribution >= 0.6 is 8.43 Å². The summed E-state index contributed by atoms with van der Waals surface area (Å²) < 4.78 is 13.9. The summed E-state index contributed by atoms with van der Waals surface area (Å²) in [5.41, 5.74) is 0.609. The number of nitro groups is 1. The summed E-state index contributed by atoms with van der Waals surface area (Å²) in [7, 11) is 1.74. The number of ether oxygens (including phenoxy) is 2. The largest absolute Gasteiger partial charge is 0.461 e. The van der Waals surface area contributed by atoms with Gasteiger partial charge in [-0.25, -0.2) is 4.79 Å². The Morgan fingerprint density at radius 1 is 1.10 bits per heavy atom. The topological polar surface area (TPSA) is 114 Å². The van der Waals surface area contributed by atoms with Gasteiger partial charge in [-0.15, -0.1) is 0 Å².